The molecule has 1 atom stereocenters. The Morgan fingerprint density at radius 2 is 1.94 bits per heavy atom. The third-order valence-electron chi connectivity index (χ3n) is 1.54. The van der Waals surface area contributed by atoms with Crippen molar-refractivity contribution in [2.75, 3.05) is 25.2 Å². The van der Waals surface area contributed by atoms with E-state index in [-0.39, 0.29) is 12.3 Å². The molecule has 0 saturated heterocycles. The van der Waals surface area contributed by atoms with Crippen LogP contribution in [0.4, 0.5) is 4.79 Å². The molecular formula is C7H14N2O6S. The van der Waals surface area contributed by atoms with Gasteiger partial charge in [-0.15, -0.1) is 0 Å². The van der Waals surface area contributed by atoms with E-state index in [1.807, 2.05) is 5.32 Å². The number of sulfone groups is 1. The van der Waals surface area contributed by atoms with Gasteiger partial charge in [-0.05, 0) is 0 Å². The zero-order chi connectivity index (χ0) is 12.8. The van der Waals surface area contributed by atoms with Crippen LogP contribution in [0.2, 0.25) is 0 Å². The Balaban J connectivity index is 3.95. The fourth-order valence-corrected chi connectivity index (χ4v) is 1.22. The van der Waals surface area contributed by atoms with Crippen molar-refractivity contribution in [3.63, 3.8) is 0 Å². The molecule has 8 nitrogen and oxygen atoms in total. The molecule has 4 N–H and O–H groups in total. The van der Waals surface area contributed by atoms with Gasteiger partial charge in [0.15, 0.2) is 6.04 Å². The number of carboxylic acid groups (broad SMARTS) is 1. The van der Waals surface area contributed by atoms with Crippen LogP contribution in [0.25, 0.3) is 0 Å². The summed E-state index contributed by atoms with van der Waals surface area (Å²) < 4.78 is 21.4. The number of carbonyl (C=O) groups excluding carboxylic acids is 1. The van der Waals surface area contributed by atoms with Crippen LogP contribution in [0, 0.1) is 0 Å². The molecule has 0 aliphatic rings. The fraction of sp³-hybridized carbons (Fsp3) is 0.714. The average Bonchev–Trinajstić information content (AvgIpc) is 2.11. The summed E-state index contributed by atoms with van der Waals surface area (Å²) in [6.07, 6.45) is 1.01. The quantitative estimate of drug-likeness (QED) is 0.424. The molecule has 0 fully saturated rings. The van der Waals surface area contributed by atoms with Gasteiger partial charge in [0.1, 0.15) is 9.84 Å². The normalized spacial score (nSPS) is 12.9. The van der Waals surface area contributed by atoms with E-state index >= 15 is 0 Å². The van der Waals surface area contributed by atoms with Crippen molar-refractivity contribution in [2.45, 2.75) is 6.04 Å². The third kappa shape index (κ3) is 7.01. The number of rotatable bonds is 6. The number of hydrogen-bond acceptors (Lipinski definition) is 5. The molecule has 1 unspecified atom stereocenters. The van der Waals surface area contributed by atoms with Crippen molar-refractivity contribution in [1.82, 2.24) is 10.6 Å². The van der Waals surface area contributed by atoms with Crippen molar-refractivity contribution in [1.29, 1.82) is 0 Å². The lowest BCUT2D eigenvalue weighted by atomic mass is 10.3. The van der Waals surface area contributed by atoms with Crippen LogP contribution >= 0.6 is 0 Å². The number of aliphatic carboxylic acids is 1. The first-order chi connectivity index (χ1) is 7.26. The second-order valence-corrected chi connectivity index (χ2v) is 5.36. The summed E-state index contributed by atoms with van der Waals surface area (Å²) in [5.41, 5.74) is 0. The minimum atomic E-state index is -3.18. The van der Waals surface area contributed by atoms with E-state index < -0.39 is 34.5 Å². The van der Waals surface area contributed by atoms with Crippen LogP contribution < -0.4 is 10.6 Å². The molecule has 0 radical (unpaired) electrons. The molecule has 0 aliphatic heterocycles. The summed E-state index contributed by atoms with van der Waals surface area (Å²) in [5.74, 6) is -1.61. The monoisotopic (exact) mass is 254 g/mol. The molecule has 0 bridgehead atoms. The highest BCUT2D eigenvalue weighted by molar-refractivity contribution is 7.90. The summed E-state index contributed by atoms with van der Waals surface area (Å²) in [7, 11) is -3.18. The fourth-order valence-electron chi connectivity index (χ4n) is 0.745. The van der Waals surface area contributed by atoms with Gasteiger partial charge in [0.2, 0.25) is 0 Å². The Kier molecular flexibility index (Phi) is 5.75. The second-order valence-electron chi connectivity index (χ2n) is 3.10. The van der Waals surface area contributed by atoms with E-state index in [1.54, 1.807) is 0 Å². The third-order valence-corrected chi connectivity index (χ3v) is 2.49. The van der Waals surface area contributed by atoms with Crippen LogP contribution in [0.3, 0.4) is 0 Å². The minimum absolute atomic E-state index is 0.123. The largest absolute Gasteiger partial charge is 0.480 e. The number of urea groups is 1. The Morgan fingerprint density at radius 1 is 1.38 bits per heavy atom. The molecule has 9 heteroatoms. The van der Waals surface area contributed by atoms with E-state index in [9.17, 15) is 18.0 Å². The highest BCUT2D eigenvalue weighted by Crippen LogP contribution is 1.83. The number of aliphatic hydroxyl groups is 1. The second kappa shape index (κ2) is 6.28. The Bertz CT molecular complexity index is 352. The lowest BCUT2D eigenvalue weighted by Crippen LogP contribution is -2.48. The lowest BCUT2D eigenvalue weighted by molar-refractivity contribution is -0.140. The first-order valence-electron chi connectivity index (χ1n) is 4.32. The van der Waals surface area contributed by atoms with Crippen molar-refractivity contribution in [3.8, 4) is 0 Å². The molecule has 2 amide bonds. The predicted molar refractivity (Wildman–Crippen MR) is 54.8 cm³/mol. The molecule has 0 spiro atoms. The van der Waals surface area contributed by atoms with Gasteiger partial charge < -0.3 is 20.8 Å². The van der Waals surface area contributed by atoms with Gasteiger partial charge in [-0.2, -0.15) is 0 Å². The van der Waals surface area contributed by atoms with Gasteiger partial charge in [-0.25, -0.2) is 18.0 Å². The lowest BCUT2D eigenvalue weighted by Gasteiger charge is -2.12. The summed E-state index contributed by atoms with van der Waals surface area (Å²) in [6.45, 7) is -0.864. The van der Waals surface area contributed by atoms with Crippen molar-refractivity contribution >= 4 is 21.8 Å². The standard InChI is InChI=1S/C7H14N2O6S/c1-16(14,15)3-2-8-7(13)9-5(4-10)6(11)12/h5,10H,2-4H2,1H3,(H,11,12)(H2,8,9,13). The van der Waals surface area contributed by atoms with Crippen LogP contribution in [-0.2, 0) is 14.6 Å². The van der Waals surface area contributed by atoms with Gasteiger partial charge in [0.05, 0.1) is 12.4 Å². The maximum atomic E-state index is 11.0. The first kappa shape index (κ1) is 14.6. The smallest absolute Gasteiger partial charge is 0.328 e. The van der Waals surface area contributed by atoms with Crippen molar-refractivity contribution in [2.24, 2.45) is 0 Å². The number of aliphatic hydroxyl groups excluding tert-OH is 1. The summed E-state index contributed by atoms with van der Waals surface area (Å²) in [6, 6.07) is -2.25. The van der Waals surface area contributed by atoms with E-state index in [1.165, 1.54) is 0 Å². The SMILES string of the molecule is CS(=O)(=O)CCNC(=O)NC(CO)C(=O)O. The van der Waals surface area contributed by atoms with E-state index in [0.29, 0.717) is 0 Å². The first-order valence-corrected chi connectivity index (χ1v) is 6.38. The van der Waals surface area contributed by atoms with Gasteiger partial charge in [0, 0.05) is 12.8 Å². The zero-order valence-electron chi connectivity index (χ0n) is 8.63. The Morgan fingerprint density at radius 3 is 2.31 bits per heavy atom. The van der Waals surface area contributed by atoms with E-state index in [4.69, 9.17) is 10.2 Å². The molecule has 0 saturated carbocycles. The van der Waals surface area contributed by atoms with Crippen LogP contribution in [0.15, 0.2) is 0 Å². The molecule has 16 heavy (non-hydrogen) atoms. The van der Waals surface area contributed by atoms with Crippen LogP contribution in [0.1, 0.15) is 0 Å². The van der Waals surface area contributed by atoms with Crippen LogP contribution in [0.5, 0.6) is 0 Å². The van der Waals surface area contributed by atoms with Crippen LogP contribution in [-0.4, -0.2) is 61.8 Å². The molecule has 0 aromatic carbocycles. The Labute approximate surface area is 92.6 Å². The summed E-state index contributed by atoms with van der Waals surface area (Å²) in [4.78, 5) is 21.4. The number of carbonyl (C=O) groups is 2. The minimum Gasteiger partial charge on any atom is -0.480 e. The van der Waals surface area contributed by atoms with Gasteiger partial charge in [0.25, 0.3) is 0 Å². The van der Waals surface area contributed by atoms with Crippen molar-refractivity contribution in [3.05, 3.63) is 0 Å². The van der Waals surface area contributed by atoms with Gasteiger partial charge >= 0.3 is 12.0 Å². The molecular weight excluding hydrogens is 240 g/mol. The number of nitrogens with one attached hydrogen (secondary N) is 2. The summed E-state index contributed by atoms with van der Waals surface area (Å²) in [5, 5.41) is 21.2. The van der Waals surface area contributed by atoms with Gasteiger partial charge in [-0.1, -0.05) is 0 Å². The number of hydrogen-bond donors (Lipinski definition) is 4. The van der Waals surface area contributed by atoms with E-state index in [2.05, 4.69) is 5.32 Å². The molecule has 0 heterocycles. The Hall–Kier alpha value is -1.35. The highest BCUT2D eigenvalue weighted by Gasteiger charge is 2.18. The average molecular weight is 254 g/mol. The molecule has 0 rings (SSSR count). The highest BCUT2D eigenvalue weighted by atomic mass is 32.2. The summed E-state index contributed by atoms with van der Waals surface area (Å²) >= 11 is 0. The number of carboxylic acids is 1. The molecule has 0 aliphatic carbocycles. The molecule has 0 aromatic heterocycles. The zero-order valence-corrected chi connectivity index (χ0v) is 9.45. The number of amides is 2. The van der Waals surface area contributed by atoms with Crippen molar-refractivity contribution < 1.29 is 28.2 Å². The predicted octanol–water partition coefficient (Wildman–Crippen LogP) is -2.22. The molecule has 94 valence electrons. The van der Waals surface area contributed by atoms with Gasteiger partial charge in [-0.3, -0.25) is 0 Å². The van der Waals surface area contributed by atoms with E-state index in [0.717, 1.165) is 6.26 Å². The molecule has 0 aromatic rings. The topological polar surface area (TPSA) is 133 Å². The maximum absolute atomic E-state index is 11.0. The maximum Gasteiger partial charge on any atom is 0.328 e.